The summed E-state index contributed by atoms with van der Waals surface area (Å²) in [5.74, 6) is 4.82. The van der Waals surface area contributed by atoms with Crippen molar-refractivity contribution in [2.24, 2.45) is 5.84 Å². The molecule has 0 aromatic heterocycles. The van der Waals surface area contributed by atoms with Crippen LogP contribution < -0.4 is 5.84 Å². The number of nitrogens with two attached hydrogens (primary N) is 1. The number of carbonyl (C=O) groups is 2. The van der Waals surface area contributed by atoms with E-state index < -0.39 is 0 Å². The van der Waals surface area contributed by atoms with Gasteiger partial charge in [-0.2, -0.15) is 0 Å². The Balaban J connectivity index is 3.15. The number of amides is 1. The molecule has 0 radical (unpaired) electrons. The molecule has 7 heavy (non-hydrogen) atoms. The average Bonchev–Trinajstić information content (AvgIpc) is 1.68. The van der Waals surface area contributed by atoms with Gasteiger partial charge in [0.2, 0.25) is 6.41 Å². The molecule has 0 aromatic rings. The third kappa shape index (κ3) is 2.92. The summed E-state index contributed by atoms with van der Waals surface area (Å²) >= 11 is 0. The summed E-state index contributed by atoms with van der Waals surface area (Å²) in [6, 6.07) is 0. The van der Waals surface area contributed by atoms with Gasteiger partial charge in [0.1, 0.15) is 6.29 Å². The molecule has 4 heteroatoms. The largest absolute Gasteiger partial charge is 0.301 e. The van der Waals surface area contributed by atoms with Crippen LogP contribution >= 0.6 is 0 Å². The van der Waals surface area contributed by atoms with Gasteiger partial charge in [-0.3, -0.25) is 9.80 Å². The molecule has 0 aliphatic heterocycles. The molecule has 0 aliphatic rings. The smallest absolute Gasteiger partial charge is 0.224 e. The Bertz CT molecular complexity index is 73.3. The number of rotatable bonds is 3. The third-order valence-electron chi connectivity index (χ3n) is 0.421. The minimum Gasteiger partial charge on any atom is -0.301 e. The van der Waals surface area contributed by atoms with Gasteiger partial charge in [0.15, 0.2) is 0 Å². The number of carbonyl (C=O) groups excluding carboxylic acids is 2. The fraction of sp³-hybridized carbons (Fsp3) is 0.333. The van der Waals surface area contributed by atoms with Gasteiger partial charge >= 0.3 is 0 Å². The minimum atomic E-state index is -0.0382. The second kappa shape index (κ2) is 3.30. The van der Waals surface area contributed by atoms with E-state index >= 15 is 0 Å². The maximum atomic E-state index is 9.54. The quantitative estimate of drug-likeness (QED) is 0.204. The molecule has 0 bridgehead atoms. The summed E-state index contributed by atoms with van der Waals surface area (Å²) in [5.41, 5.74) is 0. The van der Waals surface area contributed by atoms with Gasteiger partial charge in [-0.15, -0.1) is 0 Å². The van der Waals surface area contributed by atoms with Gasteiger partial charge < -0.3 is 4.79 Å². The van der Waals surface area contributed by atoms with Crippen LogP contribution in [0.3, 0.4) is 0 Å². The number of hydrogen-bond acceptors (Lipinski definition) is 3. The second-order valence-electron chi connectivity index (χ2n) is 0.969. The van der Waals surface area contributed by atoms with E-state index in [1.807, 2.05) is 0 Å². The van der Waals surface area contributed by atoms with Crippen molar-refractivity contribution in [3.05, 3.63) is 0 Å². The molecule has 0 aromatic carbocycles. The second-order valence-corrected chi connectivity index (χ2v) is 0.969. The lowest BCUT2D eigenvalue weighted by Crippen LogP contribution is -2.30. The van der Waals surface area contributed by atoms with Crippen molar-refractivity contribution >= 4 is 12.7 Å². The van der Waals surface area contributed by atoms with Gasteiger partial charge in [-0.05, 0) is 0 Å². The van der Waals surface area contributed by atoms with Gasteiger partial charge in [0, 0.05) is 0 Å². The standard InChI is InChI=1S/C3H6N2O2/c4-5(3-7)1-2-6/h2-3H,1,4H2. The van der Waals surface area contributed by atoms with Crippen molar-refractivity contribution in [2.75, 3.05) is 6.54 Å². The van der Waals surface area contributed by atoms with Crippen LogP contribution in [-0.2, 0) is 9.59 Å². The molecule has 2 N–H and O–H groups in total. The topological polar surface area (TPSA) is 63.4 Å². The zero-order valence-electron chi connectivity index (χ0n) is 3.70. The van der Waals surface area contributed by atoms with Crippen LogP contribution in [0, 0.1) is 0 Å². The van der Waals surface area contributed by atoms with Crippen molar-refractivity contribution < 1.29 is 9.59 Å². The van der Waals surface area contributed by atoms with E-state index in [-0.39, 0.29) is 6.54 Å². The van der Waals surface area contributed by atoms with E-state index in [0.717, 1.165) is 5.01 Å². The van der Waals surface area contributed by atoms with Crippen LogP contribution in [0.1, 0.15) is 0 Å². The van der Waals surface area contributed by atoms with Crippen molar-refractivity contribution in [3.8, 4) is 0 Å². The highest BCUT2D eigenvalue weighted by atomic mass is 16.1. The molecule has 0 fully saturated rings. The monoisotopic (exact) mass is 102 g/mol. The molecule has 0 rings (SSSR count). The number of aldehydes is 1. The van der Waals surface area contributed by atoms with Crippen molar-refractivity contribution in [2.45, 2.75) is 0 Å². The highest BCUT2D eigenvalue weighted by molar-refractivity contribution is 5.58. The summed E-state index contributed by atoms with van der Waals surface area (Å²) in [6.07, 6.45) is 0.933. The van der Waals surface area contributed by atoms with E-state index in [1.54, 1.807) is 0 Å². The van der Waals surface area contributed by atoms with Gasteiger partial charge in [-0.25, -0.2) is 5.84 Å². The van der Waals surface area contributed by atoms with Crippen LogP contribution in [-0.4, -0.2) is 24.2 Å². The maximum Gasteiger partial charge on any atom is 0.224 e. The fourth-order valence-corrected chi connectivity index (χ4v) is 0.129. The highest BCUT2D eigenvalue weighted by Gasteiger charge is 1.85. The van der Waals surface area contributed by atoms with Crippen molar-refractivity contribution in [1.82, 2.24) is 5.01 Å². The first-order chi connectivity index (χ1) is 3.31. The SMILES string of the molecule is NN(C=O)CC=O. The van der Waals surface area contributed by atoms with Crippen molar-refractivity contribution in [3.63, 3.8) is 0 Å². The zero-order chi connectivity index (χ0) is 5.70. The van der Waals surface area contributed by atoms with E-state index in [1.165, 1.54) is 0 Å². The summed E-state index contributed by atoms with van der Waals surface area (Å²) < 4.78 is 0. The number of hydrogen-bond donors (Lipinski definition) is 1. The summed E-state index contributed by atoms with van der Waals surface area (Å²) in [5, 5.41) is 0.757. The van der Waals surface area contributed by atoms with Crippen LogP contribution in [0.25, 0.3) is 0 Å². The molecule has 40 valence electrons. The first kappa shape index (κ1) is 6.10. The molecular weight excluding hydrogens is 96.0 g/mol. The minimum absolute atomic E-state index is 0.0382. The molecular formula is C3H6N2O2. The lowest BCUT2D eigenvalue weighted by molar-refractivity contribution is -0.121. The Morgan fingerprint density at radius 1 is 1.57 bits per heavy atom. The van der Waals surface area contributed by atoms with Crippen molar-refractivity contribution in [1.29, 1.82) is 0 Å². The molecule has 0 heterocycles. The Hall–Kier alpha value is -0.900. The molecule has 0 atom stereocenters. The van der Waals surface area contributed by atoms with E-state index in [4.69, 9.17) is 5.84 Å². The van der Waals surface area contributed by atoms with Gasteiger partial charge in [-0.1, -0.05) is 0 Å². The van der Waals surface area contributed by atoms with Crippen LogP contribution in [0.2, 0.25) is 0 Å². The maximum absolute atomic E-state index is 9.54. The molecule has 0 unspecified atom stereocenters. The Labute approximate surface area is 40.9 Å². The molecule has 0 spiro atoms. The Morgan fingerprint density at radius 2 is 2.14 bits per heavy atom. The van der Waals surface area contributed by atoms with E-state index in [0.29, 0.717) is 12.7 Å². The molecule has 0 saturated heterocycles. The molecule has 1 amide bonds. The predicted molar refractivity (Wildman–Crippen MR) is 23.0 cm³/mol. The van der Waals surface area contributed by atoms with Crippen LogP contribution in [0.15, 0.2) is 0 Å². The first-order valence-electron chi connectivity index (χ1n) is 1.71. The summed E-state index contributed by atoms with van der Waals surface area (Å²) in [4.78, 5) is 19.0. The Kier molecular flexibility index (Phi) is 2.87. The first-order valence-corrected chi connectivity index (χ1v) is 1.71. The normalized spacial score (nSPS) is 7.57. The lowest BCUT2D eigenvalue weighted by atomic mass is 10.7. The lowest BCUT2D eigenvalue weighted by Gasteiger charge is -2.00. The van der Waals surface area contributed by atoms with E-state index in [9.17, 15) is 9.59 Å². The fourth-order valence-electron chi connectivity index (χ4n) is 0.129. The molecule has 0 saturated carbocycles. The third-order valence-corrected chi connectivity index (χ3v) is 0.421. The van der Waals surface area contributed by atoms with Crippen LogP contribution in [0.4, 0.5) is 0 Å². The average molecular weight is 102 g/mol. The zero-order valence-corrected chi connectivity index (χ0v) is 3.70. The summed E-state index contributed by atoms with van der Waals surface area (Å²) in [7, 11) is 0. The number of nitrogens with zero attached hydrogens (tertiary/aromatic N) is 1. The predicted octanol–water partition coefficient (Wildman–Crippen LogP) is -1.48. The molecule has 4 nitrogen and oxygen atoms in total. The van der Waals surface area contributed by atoms with Gasteiger partial charge in [0.05, 0.1) is 6.54 Å². The Morgan fingerprint density at radius 3 is 2.29 bits per heavy atom. The number of hydrazine groups is 1. The summed E-state index contributed by atoms with van der Waals surface area (Å²) in [6.45, 7) is -0.0382. The highest BCUT2D eigenvalue weighted by Crippen LogP contribution is 1.58. The molecule has 0 aliphatic carbocycles. The van der Waals surface area contributed by atoms with Gasteiger partial charge in [0.25, 0.3) is 0 Å². The van der Waals surface area contributed by atoms with E-state index in [2.05, 4.69) is 0 Å². The van der Waals surface area contributed by atoms with Crippen LogP contribution in [0.5, 0.6) is 0 Å².